The molecule has 0 aromatic heterocycles. The number of morpholine rings is 1. The zero-order valence-electron chi connectivity index (χ0n) is 14.1. The summed E-state index contributed by atoms with van der Waals surface area (Å²) in [5, 5.41) is 4.53. The second kappa shape index (κ2) is 8.06. The Morgan fingerprint density at radius 1 is 1.00 bits per heavy atom. The lowest BCUT2D eigenvalue weighted by atomic mass is 10.2. The topological polar surface area (TPSA) is 53.6 Å². The maximum Gasteiger partial charge on any atom is 0.417 e. The summed E-state index contributed by atoms with van der Waals surface area (Å²) in [5.41, 5.74) is 0.525. The maximum atomic E-state index is 12.9. The zero-order chi connectivity index (χ0) is 19.4. The molecule has 1 saturated heterocycles. The lowest BCUT2D eigenvalue weighted by molar-refractivity contribution is -0.137. The number of halogens is 4. The van der Waals surface area contributed by atoms with Gasteiger partial charge < -0.3 is 20.3 Å². The number of alkyl halides is 3. The van der Waals surface area contributed by atoms with Gasteiger partial charge in [0.2, 0.25) is 0 Å². The van der Waals surface area contributed by atoms with Gasteiger partial charge in [0, 0.05) is 30.2 Å². The van der Waals surface area contributed by atoms with Crippen LogP contribution in [0.1, 0.15) is 5.56 Å². The van der Waals surface area contributed by atoms with E-state index in [0.29, 0.717) is 18.9 Å². The van der Waals surface area contributed by atoms with Crippen molar-refractivity contribution in [2.75, 3.05) is 41.8 Å². The van der Waals surface area contributed by atoms with E-state index in [1.807, 2.05) is 12.1 Å². The molecule has 0 spiro atoms. The number of anilines is 3. The first-order chi connectivity index (χ1) is 12.8. The van der Waals surface area contributed by atoms with Crippen LogP contribution in [0.25, 0.3) is 0 Å². The van der Waals surface area contributed by atoms with Crippen LogP contribution in [0.3, 0.4) is 0 Å². The van der Waals surface area contributed by atoms with Crippen LogP contribution in [0.2, 0.25) is 5.02 Å². The molecule has 0 aliphatic carbocycles. The molecule has 1 fully saturated rings. The molecule has 2 aromatic rings. The molecule has 0 atom stereocenters. The van der Waals surface area contributed by atoms with E-state index in [1.54, 1.807) is 12.1 Å². The van der Waals surface area contributed by atoms with Gasteiger partial charge in [-0.3, -0.25) is 0 Å². The van der Waals surface area contributed by atoms with Crippen LogP contribution < -0.4 is 15.5 Å². The summed E-state index contributed by atoms with van der Waals surface area (Å²) in [4.78, 5) is 14.2. The number of urea groups is 1. The van der Waals surface area contributed by atoms with Gasteiger partial charge in [0.1, 0.15) is 0 Å². The van der Waals surface area contributed by atoms with Crippen molar-refractivity contribution < 1.29 is 22.7 Å². The molecule has 2 aromatic carbocycles. The Bertz CT molecular complexity index is 806. The Labute approximate surface area is 159 Å². The van der Waals surface area contributed by atoms with Gasteiger partial charge in [0.25, 0.3) is 0 Å². The molecule has 2 amide bonds. The normalized spacial score (nSPS) is 14.7. The van der Waals surface area contributed by atoms with E-state index in [1.165, 1.54) is 6.07 Å². The summed E-state index contributed by atoms with van der Waals surface area (Å²) >= 11 is 5.57. The fourth-order valence-electron chi connectivity index (χ4n) is 2.69. The second-order valence-corrected chi connectivity index (χ2v) is 6.33. The number of hydrogen-bond donors (Lipinski definition) is 2. The van der Waals surface area contributed by atoms with Gasteiger partial charge in [0.05, 0.1) is 23.8 Å². The third-order valence-electron chi connectivity index (χ3n) is 4.03. The van der Waals surface area contributed by atoms with Crippen LogP contribution in [-0.4, -0.2) is 32.3 Å². The van der Waals surface area contributed by atoms with Gasteiger partial charge in [-0.15, -0.1) is 0 Å². The van der Waals surface area contributed by atoms with Crippen LogP contribution in [-0.2, 0) is 10.9 Å². The molecule has 0 unspecified atom stereocenters. The predicted molar refractivity (Wildman–Crippen MR) is 98.6 cm³/mol. The summed E-state index contributed by atoms with van der Waals surface area (Å²) in [6.07, 6.45) is -4.60. The number of carbonyl (C=O) groups excluding carboxylic acids is 1. The number of ether oxygens (including phenoxy) is 1. The fraction of sp³-hybridized carbons (Fsp3) is 0.278. The number of nitrogens with one attached hydrogen (secondary N) is 2. The highest BCUT2D eigenvalue weighted by molar-refractivity contribution is 6.31. The van der Waals surface area contributed by atoms with E-state index >= 15 is 0 Å². The standard InChI is InChI=1S/C18H17ClF3N3O2/c19-16-6-3-13(11-15(16)18(20,21)22)24-17(26)23-12-1-4-14(5-2-12)25-7-9-27-10-8-25/h1-6,11H,7-10H2,(H2,23,24,26). The summed E-state index contributed by atoms with van der Waals surface area (Å²) in [7, 11) is 0. The SMILES string of the molecule is O=C(Nc1ccc(N2CCOCC2)cc1)Nc1ccc(Cl)c(C(F)(F)F)c1. The molecule has 3 rings (SSSR count). The van der Waals surface area contributed by atoms with E-state index in [4.69, 9.17) is 16.3 Å². The highest BCUT2D eigenvalue weighted by Crippen LogP contribution is 2.36. The first kappa shape index (κ1) is 19.3. The van der Waals surface area contributed by atoms with Crippen molar-refractivity contribution in [3.05, 3.63) is 53.1 Å². The monoisotopic (exact) mass is 399 g/mol. The Morgan fingerprint density at radius 2 is 1.59 bits per heavy atom. The molecule has 9 heteroatoms. The number of hydrogen-bond acceptors (Lipinski definition) is 3. The fourth-order valence-corrected chi connectivity index (χ4v) is 2.92. The highest BCUT2D eigenvalue weighted by Gasteiger charge is 2.33. The summed E-state index contributed by atoms with van der Waals surface area (Å²) in [6.45, 7) is 2.93. The smallest absolute Gasteiger partial charge is 0.378 e. The number of nitrogens with zero attached hydrogens (tertiary/aromatic N) is 1. The molecule has 0 bridgehead atoms. The summed E-state index contributed by atoms with van der Waals surface area (Å²) in [6, 6.07) is 9.74. The van der Waals surface area contributed by atoms with Crippen molar-refractivity contribution in [3.63, 3.8) is 0 Å². The lowest BCUT2D eigenvalue weighted by Crippen LogP contribution is -2.36. The van der Waals surface area contributed by atoms with E-state index in [2.05, 4.69) is 15.5 Å². The molecule has 27 heavy (non-hydrogen) atoms. The first-order valence-corrected chi connectivity index (χ1v) is 8.58. The van der Waals surface area contributed by atoms with Crippen molar-refractivity contribution >= 4 is 34.7 Å². The lowest BCUT2D eigenvalue weighted by Gasteiger charge is -2.28. The molecule has 1 aliphatic rings. The van der Waals surface area contributed by atoms with Crippen LogP contribution >= 0.6 is 11.6 Å². The van der Waals surface area contributed by atoms with Crippen LogP contribution in [0.15, 0.2) is 42.5 Å². The molecule has 0 saturated carbocycles. The van der Waals surface area contributed by atoms with E-state index in [0.717, 1.165) is 30.9 Å². The van der Waals surface area contributed by atoms with Crippen molar-refractivity contribution in [2.24, 2.45) is 0 Å². The zero-order valence-corrected chi connectivity index (χ0v) is 14.9. The van der Waals surface area contributed by atoms with Crippen molar-refractivity contribution in [2.45, 2.75) is 6.18 Å². The Balaban J connectivity index is 1.62. The third kappa shape index (κ3) is 5.05. The van der Waals surface area contributed by atoms with Crippen LogP contribution in [0.5, 0.6) is 0 Å². The van der Waals surface area contributed by atoms with Crippen molar-refractivity contribution in [1.82, 2.24) is 0 Å². The molecule has 144 valence electrons. The Hall–Kier alpha value is -2.45. The van der Waals surface area contributed by atoms with Crippen molar-refractivity contribution in [1.29, 1.82) is 0 Å². The minimum Gasteiger partial charge on any atom is -0.378 e. The van der Waals surface area contributed by atoms with Gasteiger partial charge in [0.15, 0.2) is 0 Å². The molecule has 0 radical (unpaired) electrons. The van der Waals surface area contributed by atoms with Gasteiger partial charge in [-0.05, 0) is 42.5 Å². The van der Waals surface area contributed by atoms with Gasteiger partial charge in [-0.1, -0.05) is 11.6 Å². The maximum absolute atomic E-state index is 12.9. The third-order valence-corrected chi connectivity index (χ3v) is 4.36. The average molecular weight is 400 g/mol. The summed E-state index contributed by atoms with van der Waals surface area (Å²) < 4.78 is 43.9. The molecule has 2 N–H and O–H groups in total. The van der Waals surface area contributed by atoms with E-state index < -0.39 is 22.8 Å². The minimum atomic E-state index is -4.60. The quantitative estimate of drug-likeness (QED) is 0.776. The number of carbonyl (C=O) groups is 1. The molecule has 1 aliphatic heterocycles. The summed E-state index contributed by atoms with van der Waals surface area (Å²) in [5.74, 6) is 0. The van der Waals surface area contributed by atoms with Gasteiger partial charge >= 0.3 is 12.2 Å². The Kier molecular flexibility index (Phi) is 5.76. The predicted octanol–water partition coefficient (Wildman–Crippen LogP) is 4.84. The largest absolute Gasteiger partial charge is 0.417 e. The Morgan fingerprint density at radius 3 is 2.22 bits per heavy atom. The first-order valence-electron chi connectivity index (χ1n) is 8.20. The molecular formula is C18H17ClF3N3O2. The van der Waals surface area contributed by atoms with Gasteiger partial charge in [-0.2, -0.15) is 13.2 Å². The highest BCUT2D eigenvalue weighted by atomic mass is 35.5. The number of rotatable bonds is 3. The minimum absolute atomic E-state index is 0.00541. The number of amides is 2. The molecule has 5 nitrogen and oxygen atoms in total. The van der Waals surface area contributed by atoms with E-state index in [-0.39, 0.29) is 5.69 Å². The van der Waals surface area contributed by atoms with Crippen LogP contribution in [0.4, 0.5) is 35.0 Å². The van der Waals surface area contributed by atoms with Gasteiger partial charge in [-0.25, -0.2) is 4.79 Å². The molecular weight excluding hydrogens is 383 g/mol. The second-order valence-electron chi connectivity index (χ2n) is 5.92. The molecule has 1 heterocycles. The van der Waals surface area contributed by atoms with Crippen molar-refractivity contribution in [3.8, 4) is 0 Å². The average Bonchev–Trinajstić information content (AvgIpc) is 2.64. The van der Waals surface area contributed by atoms with Crippen LogP contribution in [0, 0.1) is 0 Å². The van der Waals surface area contributed by atoms with E-state index in [9.17, 15) is 18.0 Å². The number of benzene rings is 2.